The molecule has 0 unspecified atom stereocenters. The minimum absolute atomic E-state index is 0.910. The van der Waals surface area contributed by atoms with Gasteiger partial charge in [0.25, 0.3) is 0 Å². The van der Waals surface area contributed by atoms with Gasteiger partial charge >= 0.3 is 0 Å². The molecule has 1 aromatic heterocycles. The fraction of sp³-hybridized carbons (Fsp3) is 0.800. The van der Waals surface area contributed by atoms with E-state index in [1.54, 1.807) is 0 Å². The lowest BCUT2D eigenvalue weighted by molar-refractivity contribution is 0.626. The fourth-order valence-electron chi connectivity index (χ4n) is 0.822. The zero-order valence-corrected chi connectivity index (χ0v) is 11.7. The number of rotatable bonds is 5. The first kappa shape index (κ1) is 14.8. The van der Waals surface area contributed by atoms with E-state index in [0.29, 0.717) is 0 Å². The monoisotopic (exact) mass is 247 g/mol. The van der Waals surface area contributed by atoms with E-state index in [9.17, 15) is 0 Å². The Labute approximate surface area is 101 Å². The van der Waals surface area contributed by atoms with Crippen molar-refractivity contribution < 1.29 is 0 Å². The summed E-state index contributed by atoms with van der Waals surface area (Å²) in [6.45, 7) is 9.38. The van der Waals surface area contributed by atoms with E-state index in [4.69, 9.17) is 0 Å². The summed E-state index contributed by atoms with van der Waals surface area (Å²) in [5, 5.41) is 7.79. The molecular weight excluding hydrogens is 226 g/mol. The topological polar surface area (TPSA) is 30.7 Å². The van der Waals surface area contributed by atoms with E-state index in [1.165, 1.54) is 11.5 Å². The molecule has 0 aliphatic carbocycles. The molecule has 0 spiro atoms. The normalized spacial score (nSPS) is 9.60. The minimum atomic E-state index is 0.910. The molecule has 1 rings (SSSR count). The molecule has 0 radical (unpaired) electrons. The van der Waals surface area contributed by atoms with Crippen LogP contribution in [0, 0.1) is 0 Å². The van der Waals surface area contributed by atoms with Crippen LogP contribution in [0.5, 0.6) is 0 Å². The summed E-state index contributed by atoms with van der Waals surface area (Å²) in [6, 6.07) is 0. The van der Waals surface area contributed by atoms with Gasteiger partial charge in [0.1, 0.15) is 0 Å². The molecule has 0 aliphatic heterocycles. The summed E-state index contributed by atoms with van der Waals surface area (Å²) >= 11 is 0. The second-order valence-corrected chi connectivity index (χ2v) is 5.77. The quantitative estimate of drug-likeness (QED) is 0.590. The van der Waals surface area contributed by atoms with Crippen molar-refractivity contribution in [2.24, 2.45) is 0 Å². The maximum Gasteiger partial charge on any atom is 0.0824 e. The molecule has 0 atom stereocenters. The first-order valence-electron chi connectivity index (χ1n) is 5.41. The summed E-state index contributed by atoms with van der Waals surface area (Å²) < 4.78 is 1.83. The van der Waals surface area contributed by atoms with Gasteiger partial charge in [0.05, 0.1) is 5.69 Å². The maximum atomic E-state index is 3.92. The summed E-state index contributed by atoms with van der Waals surface area (Å²) in [5.41, 5.74) is 1.07. The van der Waals surface area contributed by atoms with Crippen LogP contribution in [-0.4, -0.2) is 26.5 Å². The van der Waals surface area contributed by atoms with Crippen LogP contribution in [0.15, 0.2) is 6.20 Å². The molecule has 1 aromatic rings. The number of hydrogen-bond donors (Lipinski definition) is 0. The predicted molar refractivity (Wildman–Crippen MR) is 71.3 cm³/mol. The number of aryl methyl sites for hydroxylation is 2. The summed E-state index contributed by atoms with van der Waals surface area (Å²) in [4.78, 5) is 0. The van der Waals surface area contributed by atoms with E-state index in [1.807, 2.05) is 39.4 Å². The third kappa shape index (κ3) is 7.73. The summed E-state index contributed by atoms with van der Waals surface area (Å²) in [5.74, 6) is 2.47. The van der Waals surface area contributed by atoms with Gasteiger partial charge in [-0.3, -0.25) is 4.68 Å². The Hall–Kier alpha value is -0.160. The third-order valence-electron chi connectivity index (χ3n) is 1.59. The first-order valence-corrected chi connectivity index (χ1v) is 7.90. The van der Waals surface area contributed by atoms with Crippen LogP contribution >= 0.6 is 21.6 Å². The highest BCUT2D eigenvalue weighted by molar-refractivity contribution is 8.76. The van der Waals surface area contributed by atoms with Crippen molar-refractivity contribution in [1.29, 1.82) is 0 Å². The maximum absolute atomic E-state index is 3.92. The molecule has 3 nitrogen and oxygen atoms in total. The van der Waals surface area contributed by atoms with Crippen LogP contribution in [0.3, 0.4) is 0 Å². The van der Waals surface area contributed by atoms with E-state index in [-0.39, 0.29) is 0 Å². The Morgan fingerprint density at radius 3 is 2.00 bits per heavy atom. The van der Waals surface area contributed by atoms with Crippen molar-refractivity contribution in [3.05, 3.63) is 11.9 Å². The van der Waals surface area contributed by atoms with Gasteiger partial charge in [-0.05, 0) is 13.3 Å². The Bertz CT molecular complexity index is 216. The Morgan fingerprint density at radius 1 is 1.13 bits per heavy atom. The Balaban J connectivity index is 0.000000288. The lowest BCUT2D eigenvalue weighted by atomic mass is 10.4. The van der Waals surface area contributed by atoms with Crippen molar-refractivity contribution in [2.75, 3.05) is 11.5 Å². The highest BCUT2D eigenvalue weighted by atomic mass is 33.1. The van der Waals surface area contributed by atoms with E-state index in [2.05, 4.69) is 31.1 Å². The highest BCUT2D eigenvalue weighted by Crippen LogP contribution is 2.18. The van der Waals surface area contributed by atoms with Crippen LogP contribution in [0.2, 0.25) is 0 Å². The standard InChI is InChI=1S/C6H11N3.C4H10S2/c1-3-6-5-9(4-2)8-7-6;1-3-5-6-4-2/h5H,3-4H2,1-2H3;3-4H2,1-2H3. The molecule has 15 heavy (non-hydrogen) atoms. The number of aromatic nitrogens is 3. The molecule has 0 aromatic carbocycles. The fourth-order valence-corrected chi connectivity index (χ4v) is 2.16. The molecule has 0 fully saturated rings. The zero-order chi connectivity index (χ0) is 11.5. The van der Waals surface area contributed by atoms with Gasteiger partial charge in [0.15, 0.2) is 0 Å². The van der Waals surface area contributed by atoms with Gasteiger partial charge in [-0.1, -0.05) is 47.6 Å². The van der Waals surface area contributed by atoms with E-state index >= 15 is 0 Å². The highest BCUT2D eigenvalue weighted by Gasteiger charge is 1.92. The summed E-state index contributed by atoms with van der Waals surface area (Å²) in [6.07, 6.45) is 2.94. The van der Waals surface area contributed by atoms with E-state index in [0.717, 1.165) is 18.7 Å². The van der Waals surface area contributed by atoms with Crippen LogP contribution in [0.4, 0.5) is 0 Å². The lowest BCUT2D eigenvalue weighted by Crippen LogP contribution is -1.93. The van der Waals surface area contributed by atoms with Crippen LogP contribution in [-0.2, 0) is 13.0 Å². The van der Waals surface area contributed by atoms with Gasteiger partial charge in [-0.25, -0.2) is 0 Å². The lowest BCUT2D eigenvalue weighted by Gasteiger charge is -1.86. The molecule has 0 bridgehead atoms. The Morgan fingerprint density at radius 2 is 1.73 bits per heavy atom. The second-order valence-electron chi connectivity index (χ2n) is 2.73. The predicted octanol–water partition coefficient (Wildman–Crippen LogP) is 3.27. The molecule has 0 amide bonds. The second kappa shape index (κ2) is 10.4. The van der Waals surface area contributed by atoms with Gasteiger partial charge < -0.3 is 0 Å². The summed E-state index contributed by atoms with van der Waals surface area (Å²) in [7, 11) is 3.85. The van der Waals surface area contributed by atoms with Crippen molar-refractivity contribution in [3.63, 3.8) is 0 Å². The molecular formula is C10H21N3S2. The molecule has 0 saturated carbocycles. The molecule has 88 valence electrons. The van der Waals surface area contributed by atoms with Crippen molar-refractivity contribution in [2.45, 2.75) is 40.7 Å². The van der Waals surface area contributed by atoms with Crippen LogP contribution in [0.1, 0.15) is 33.4 Å². The van der Waals surface area contributed by atoms with Crippen molar-refractivity contribution in [3.8, 4) is 0 Å². The molecule has 0 saturated heterocycles. The van der Waals surface area contributed by atoms with Gasteiger partial charge in [0.2, 0.25) is 0 Å². The number of nitrogens with zero attached hydrogens (tertiary/aromatic N) is 3. The van der Waals surface area contributed by atoms with Gasteiger partial charge in [0, 0.05) is 24.2 Å². The van der Waals surface area contributed by atoms with Crippen molar-refractivity contribution in [1.82, 2.24) is 15.0 Å². The smallest absolute Gasteiger partial charge is 0.0824 e. The first-order chi connectivity index (χ1) is 7.28. The largest absolute Gasteiger partial charge is 0.253 e. The van der Waals surface area contributed by atoms with Crippen LogP contribution in [0.25, 0.3) is 0 Å². The minimum Gasteiger partial charge on any atom is -0.253 e. The molecule has 5 heteroatoms. The number of hydrogen-bond acceptors (Lipinski definition) is 4. The van der Waals surface area contributed by atoms with E-state index < -0.39 is 0 Å². The van der Waals surface area contributed by atoms with Gasteiger partial charge in [-0.15, -0.1) is 5.10 Å². The molecule has 1 heterocycles. The third-order valence-corrected chi connectivity index (χ3v) is 4.14. The molecule has 0 N–H and O–H groups in total. The van der Waals surface area contributed by atoms with Crippen molar-refractivity contribution >= 4 is 21.6 Å². The van der Waals surface area contributed by atoms with Crippen LogP contribution < -0.4 is 0 Å². The SMILES string of the molecule is CCSSCC.CCc1cn(CC)nn1. The Kier molecular flexibility index (Phi) is 10.3. The van der Waals surface area contributed by atoms with Gasteiger partial charge in [-0.2, -0.15) is 0 Å². The molecule has 0 aliphatic rings. The average Bonchev–Trinajstić information content (AvgIpc) is 2.75. The zero-order valence-electron chi connectivity index (χ0n) is 10.1. The average molecular weight is 247 g/mol.